The van der Waals surface area contributed by atoms with Gasteiger partial charge in [-0.2, -0.15) is 0 Å². The number of hydrogen-bond acceptors (Lipinski definition) is 4. The molecular formula is C30H38N2O3. The van der Waals surface area contributed by atoms with Crippen LogP contribution in [0, 0.1) is 34.5 Å². The van der Waals surface area contributed by atoms with Crippen molar-refractivity contribution < 1.29 is 14.3 Å². The summed E-state index contributed by atoms with van der Waals surface area (Å²) in [5.41, 5.74) is 3.88. The molecule has 0 N–H and O–H groups in total. The number of fused-ring (bicyclic) bond motifs is 6. The van der Waals surface area contributed by atoms with Crippen molar-refractivity contribution in [1.82, 2.24) is 9.55 Å². The van der Waals surface area contributed by atoms with E-state index in [1.807, 2.05) is 19.3 Å². The van der Waals surface area contributed by atoms with Crippen LogP contribution in [0.4, 0.5) is 0 Å². The number of aromatic nitrogens is 2. The van der Waals surface area contributed by atoms with Crippen LogP contribution in [0.2, 0.25) is 0 Å². The molecule has 5 heteroatoms. The molecule has 186 valence electrons. The molecule has 1 aromatic heterocycles. The Hall–Kier alpha value is -2.43. The molecule has 1 heterocycles. The Labute approximate surface area is 208 Å². The van der Waals surface area contributed by atoms with Crippen molar-refractivity contribution in [2.24, 2.45) is 34.5 Å². The van der Waals surface area contributed by atoms with Crippen LogP contribution in [-0.2, 0) is 14.3 Å². The Morgan fingerprint density at radius 2 is 1.89 bits per heavy atom. The highest BCUT2D eigenvalue weighted by atomic mass is 16.5. The van der Waals surface area contributed by atoms with Gasteiger partial charge in [-0.3, -0.25) is 9.59 Å². The molecule has 4 aliphatic rings. The lowest BCUT2D eigenvalue weighted by Gasteiger charge is -2.57. The van der Waals surface area contributed by atoms with Crippen molar-refractivity contribution in [3.63, 3.8) is 0 Å². The first-order chi connectivity index (χ1) is 16.7. The minimum absolute atomic E-state index is 0.0275. The molecule has 3 saturated carbocycles. The van der Waals surface area contributed by atoms with E-state index in [4.69, 9.17) is 4.74 Å². The van der Waals surface area contributed by atoms with Crippen molar-refractivity contribution >= 4 is 22.8 Å². The van der Waals surface area contributed by atoms with E-state index in [2.05, 4.69) is 47.7 Å². The quantitative estimate of drug-likeness (QED) is 0.388. The van der Waals surface area contributed by atoms with Crippen LogP contribution in [0.25, 0.3) is 11.0 Å². The molecule has 5 nitrogen and oxygen atoms in total. The third kappa shape index (κ3) is 3.37. The highest BCUT2D eigenvalue weighted by molar-refractivity contribution is 5.81. The summed E-state index contributed by atoms with van der Waals surface area (Å²) >= 11 is 0. The van der Waals surface area contributed by atoms with Gasteiger partial charge in [0.1, 0.15) is 11.9 Å². The molecule has 35 heavy (non-hydrogen) atoms. The molecule has 0 aliphatic heterocycles. The van der Waals surface area contributed by atoms with E-state index in [-0.39, 0.29) is 34.9 Å². The van der Waals surface area contributed by atoms with Crippen LogP contribution in [0.1, 0.15) is 78.7 Å². The van der Waals surface area contributed by atoms with Crippen LogP contribution in [0.5, 0.6) is 0 Å². The smallest absolute Gasteiger partial charge is 0.302 e. The molecule has 0 radical (unpaired) electrons. The van der Waals surface area contributed by atoms with Gasteiger partial charge in [0.25, 0.3) is 0 Å². The highest BCUT2D eigenvalue weighted by Gasteiger charge is 2.62. The van der Waals surface area contributed by atoms with E-state index in [9.17, 15) is 9.59 Å². The summed E-state index contributed by atoms with van der Waals surface area (Å²) in [6.07, 6.45) is 11.9. The van der Waals surface area contributed by atoms with Gasteiger partial charge in [-0.05, 0) is 86.2 Å². The maximum atomic E-state index is 13.2. The molecule has 0 bridgehead atoms. The molecule has 0 spiro atoms. The van der Waals surface area contributed by atoms with Gasteiger partial charge in [0.15, 0.2) is 0 Å². The summed E-state index contributed by atoms with van der Waals surface area (Å²) in [5, 5.41) is 0. The van der Waals surface area contributed by atoms with Gasteiger partial charge < -0.3 is 9.30 Å². The maximum absolute atomic E-state index is 13.2. The Bertz CT molecular complexity index is 1210. The molecule has 6 rings (SSSR count). The number of ketones is 1. The third-order valence-corrected chi connectivity index (χ3v) is 10.7. The second-order valence-electron chi connectivity index (χ2n) is 12.3. The number of para-hydroxylation sites is 2. The van der Waals surface area contributed by atoms with Crippen molar-refractivity contribution in [3.8, 4) is 0 Å². The largest absolute Gasteiger partial charge is 0.462 e. The molecular weight excluding hydrogens is 436 g/mol. The fourth-order valence-corrected chi connectivity index (χ4v) is 9.23. The van der Waals surface area contributed by atoms with Crippen molar-refractivity contribution in [2.75, 3.05) is 0 Å². The predicted octanol–water partition coefficient (Wildman–Crippen LogP) is 6.29. The number of hydrogen-bond donors (Lipinski definition) is 0. The van der Waals surface area contributed by atoms with Gasteiger partial charge in [-0.1, -0.05) is 37.6 Å². The summed E-state index contributed by atoms with van der Waals surface area (Å²) in [5.74, 6) is 1.97. The number of esters is 1. The number of allylic oxidation sites excluding steroid dienone is 1. The lowest BCUT2D eigenvalue weighted by atomic mass is 9.47. The predicted molar refractivity (Wildman–Crippen MR) is 136 cm³/mol. The summed E-state index contributed by atoms with van der Waals surface area (Å²) < 4.78 is 7.93. The average Bonchev–Trinajstić information content (AvgIpc) is 3.37. The number of Topliss-reactive ketones (excluding diaryl/α,β-unsaturated/α-hetero) is 1. The zero-order valence-electron chi connectivity index (χ0n) is 21.5. The zero-order valence-corrected chi connectivity index (χ0v) is 21.5. The van der Waals surface area contributed by atoms with Gasteiger partial charge in [-0.25, -0.2) is 4.98 Å². The average molecular weight is 475 g/mol. The summed E-state index contributed by atoms with van der Waals surface area (Å²) in [7, 11) is 0. The molecule has 8 atom stereocenters. The topological polar surface area (TPSA) is 61.2 Å². The van der Waals surface area contributed by atoms with E-state index in [1.165, 1.54) is 18.9 Å². The van der Waals surface area contributed by atoms with Gasteiger partial charge in [-0.15, -0.1) is 0 Å². The van der Waals surface area contributed by atoms with Crippen molar-refractivity contribution in [3.05, 3.63) is 42.2 Å². The highest BCUT2D eigenvalue weighted by Crippen LogP contribution is 2.68. The minimum Gasteiger partial charge on any atom is -0.462 e. The Balaban J connectivity index is 1.35. The Morgan fingerprint density at radius 3 is 2.66 bits per heavy atom. The van der Waals surface area contributed by atoms with Crippen LogP contribution in [0.3, 0.4) is 0 Å². The molecule has 2 aromatic rings. The van der Waals surface area contributed by atoms with E-state index in [1.54, 1.807) is 0 Å². The van der Waals surface area contributed by atoms with Crippen molar-refractivity contribution in [2.45, 2.75) is 84.8 Å². The van der Waals surface area contributed by atoms with Gasteiger partial charge in [0.2, 0.25) is 0 Å². The zero-order chi connectivity index (χ0) is 24.5. The first-order valence-electron chi connectivity index (χ1n) is 13.5. The third-order valence-electron chi connectivity index (χ3n) is 10.7. The lowest BCUT2D eigenvalue weighted by Crippen LogP contribution is -2.51. The fraction of sp³-hybridized carbons (Fsp3) is 0.633. The number of benzene rings is 1. The number of imidazole rings is 1. The van der Waals surface area contributed by atoms with Crippen LogP contribution < -0.4 is 0 Å². The first-order valence-corrected chi connectivity index (χ1v) is 13.5. The van der Waals surface area contributed by atoms with E-state index >= 15 is 0 Å². The number of carbonyl (C=O) groups excluding carboxylic acids is 2. The Morgan fingerprint density at radius 1 is 1.09 bits per heavy atom. The summed E-state index contributed by atoms with van der Waals surface area (Å²) in [6.45, 7) is 8.22. The normalized spacial score (nSPS) is 40.4. The number of nitrogens with zero attached hydrogens (tertiary/aromatic N) is 2. The maximum Gasteiger partial charge on any atom is 0.302 e. The van der Waals surface area contributed by atoms with E-state index in [0.29, 0.717) is 23.5 Å². The lowest BCUT2D eigenvalue weighted by molar-refractivity contribution is -0.149. The van der Waals surface area contributed by atoms with Crippen LogP contribution in [0.15, 0.2) is 42.2 Å². The van der Waals surface area contributed by atoms with Gasteiger partial charge >= 0.3 is 5.97 Å². The molecule has 3 fully saturated rings. The summed E-state index contributed by atoms with van der Waals surface area (Å²) in [4.78, 5) is 29.5. The van der Waals surface area contributed by atoms with Crippen LogP contribution in [-0.4, -0.2) is 27.4 Å². The number of ether oxygens (including phenoxy) is 1. The van der Waals surface area contributed by atoms with Gasteiger partial charge in [0, 0.05) is 25.3 Å². The molecule has 0 amide bonds. The standard InChI is InChI=1S/C30H38N2O3/c1-18(33)28-27(32-17-31-25-7-5-6-8-26(25)32)16-24-22-10-9-20-15-21(35-19(2)34)11-13-29(20,3)23(22)12-14-30(24,28)4/h5-9,17,21-24,27-28H,10-16H2,1-4H3/t21?,22-,23+,24+,27?,28+,29+,30+/m1/s1. The molecule has 1 aromatic carbocycles. The van der Waals surface area contributed by atoms with E-state index in [0.717, 1.165) is 49.6 Å². The minimum atomic E-state index is -0.166. The molecule has 4 aliphatic carbocycles. The molecule has 0 saturated heterocycles. The number of carbonyl (C=O) groups is 2. The SMILES string of the molecule is CC(=O)OC1CC[C@@]2(C)C(=CC[C@H]3[C@@H]4CC(n5cnc6ccccc65)[C@H](C(C)=O)[C@@]4(C)CC[C@@H]32)C1. The molecule has 2 unspecified atom stereocenters. The van der Waals surface area contributed by atoms with Crippen LogP contribution >= 0.6 is 0 Å². The monoisotopic (exact) mass is 474 g/mol. The number of rotatable bonds is 3. The summed E-state index contributed by atoms with van der Waals surface area (Å²) in [6, 6.07) is 8.49. The fourth-order valence-electron chi connectivity index (χ4n) is 9.23. The second kappa shape index (κ2) is 8.04. The van der Waals surface area contributed by atoms with Crippen molar-refractivity contribution in [1.29, 1.82) is 0 Å². The van der Waals surface area contributed by atoms with Gasteiger partial charge in [0.05, 0.1) is 17.4 Å². The van der Waals surface area contributed by atoms with E-state index < -0.39 is 0 Å². The Kier molecular flexibility index (Phi) is 5.28. The second-order valence-corrected chi connectivity index (χ2v) is 12.3. The first kappa shape index (κ1) is 23.0.